The quantitative estimate of drug-likeness (QED) is 0.788. The largest absolute Gasteiger partial charge is 0.427 e. The molecular weight excluding hydrogens is 295 g/mol. The summed E-state index contributed by atoms with van der Waals surface area (Å²) in [6.45, 7) is 0. The zero-order chi connectivity index (χ0) is 11.7. The fraction of sp³-hybridized carbons (Fsp3) is 0.182. The van der Waals surface area contributed by atoms with Crippen LogP contribution in [0, 0.1) is 0 Å². The lowest BCUT2D eigenvalue weighted by atomic mass is 10.1. The number of hydrogen-bond donors (Lipinski definition) is 0. The van der Waals surface area contributed by atoms with E-state index in [0.29, 0.717) is 15.1 Å². The average molecular weight is 304 g/mol. The van der Waals surface area contributed by atoms with Gasteiger partial charge in [-0.2, -0.15) is 0 Å². The molecule has 1 aromatic rings. The summed E-state index contributed by atoms with van der Waals surface area (Å²) in [6.07, 6.45) is -0.664. The molecule has 1 aromatic carbocycles. The highest BCUT2D eigenvalue weighted by Gasteiger charge is 2.33. The maximum atomic E-state index is 11.4. The van der Waals surface area contributed by atoms with Gasteiger partial charge in [-0.1, -0.05) is 23.7 Å². The first-order valence-electron chi connectivity index (χ1n) is 4.53. The van der Waals surface area contributed by atoms with Gasteiger partial charge in [-0.15, -0.1) is 0 Å². The Kier molecular flexibility index (Phi) is 3.33. The Labute approximate surface area is 106 Å². The molecule has 0 saturated carbocycles. The molecular formula is C11H8BrClO3. The van der Waals surface area contributed by atoms with Crippen molar-refractivity contribution in [3.63, 3.8) is 0 Å². The molecule has 0 spiro atoms. The van der Waals surface area contributed by atoms with Crippen molar-refractivity contribution in [3.8, 4) is 0 Å². The summed E-state index contributed by atoms with van der Waals surface area (Å²) in [7, 11) is 1.49. The number of halogens is 2. The fourth-order valence-corrected chi connectivity index (χ4v) is 2.11. The van der Waals surface area contributed by atoms with Crippen LogP contribution in [0.5, 0.6) is 0 Å². The first kappa shape index (κ1) is 11.6. The topological polar surface area (TPSA) is 35.5 Å². The SMILES string of the molecule is COC1OC(=O)C(Br)=C1c1ccc(Cl)cc1. The molecule has 0 bridgehead atoms. The summed E-state index contributed by atoms with van der Waals surface area (Å²) in [5.41, 5.74) is 1.53. The lowest BCUT2D eigenvalue weighted by molar-refractivity contribution is -0.153. The number of methoxy groups -OCH3 is 1. The van der Waals surface area contributed by atoms with Crippen molar-refractivity contribution in [2.45, 2.75) is 6.29 Å². The van der Waals surface area contributed by atoms with E-state index in [1.54, 1.807) is 12.1 Å². The zero-order valence-corrected chi connectivity index (χ0v) is 10.7. The van der Waals surface area contributed by atoms with Crippen molar-refractivity contribution in [3.05, 3.63) is 39.3 Å². The van der Waals surface area contributed by atoms with E-state index < -0.39 is 12.3 Å². The van der Waals surface area contributed by atoms with Gasteiger partial charge >= 0.3 is 5.97 Å². The van der Waals surface area contributed by atoms with Crippen LogP contribution in [0.4, 0.5) is 0 Å². The molecule has 1 aliphatic rings. The third-order valence-corrected chi connectivity index (χ3v) is 3.24. The Hall–Kier alpha value is -0.840. The molecule has 1 unspecified atom stereocenters. The smallest absolute Gasteiger partial charge is 0.348 e. The molecule has 1 heterocycles. The van der Waals surface area contributed by atoms with E-state index in [1.807, 2.05) is 12.1 Å². The molecule has 2 rings (SSSR count). The van der Waals surface area contributed by atoms with E-state index in [2.05, 4.69) is 15.9 Å². The van der Waals surface area contributed by atoms with Crippen molar-refractivity contribution >= 4 is 39.1 Å². The van der Waals surface area contributed by atoms with Crippen LogP contribution in [0.15, 0.2) is 28.7 Å². The highest BCUT2D eigenvalue weighted by molar-refractivity contribution is 9.12. The Morgan fingerprint density at radius 2 is 2.00 bits per heavy atom. The molecule has 0 fully saturated rings. The summed E-state index contributed by atoms with van der Waals surface area (Å²) in [4.78, 5) is 11.4. The molecule has 16 heavy (non-hydrogen) atoms. The van der Waals surface area contributed by atoms with Crippen LogP contribution in [0.3, 0.4) is 0 Å². The van der Waals surface area contributed by atoms with Gasteiger partial charge in [-0.25, -0.2) is 4.79 Å². The first-order valence-corrected chi connectivity index (χ1v) is 5.70. The average Bonchev–Trinajstić information content (AvgIpc) is 2.57. The first-order chi connectivity index (χ1) is 7.63. The monoisotopic (exact) mass is 302 g/mol. The molecule has 84 valence electrons. The second-order valence-corrected chi connectivity index (χ2v) is 4.44. The highest BCUT2D eigenvalue weighted by Crippen LogP contribution is 2.35. The number of esters is 1. The van der Waals surface area contributed by atoms with Gasteiger partial charge in [0.05, 0.1) is 0 Å². The number of rotatable bonds is 2. The van der Waals surface area contributed by atoms with Gasteiger partial charge in [0.25, 0.3) is 0 Å². The van der Waals surface area contributed by atoms with Crippen LogP contribution < -0.4 is 0 Å². The second kappa shape index (κ2) is 4.57. The van der Waals surface area contributed by atoms with Crippen molar-refractivity contribution in [2.75, 3.05) is 7.11 Å². The summed E-state index contributed by atoms with van der Waals surface area (Å²) in [5.74, 6) is -0.420. The Morgan fingerprint density at radius 3 is 2.56 bits per heavy atom. The van der Waals surface area contributed by atoms with E-state index >= 15 is 0 Å². The fourth-order valence-electron chi connectivity index (χ4n) is 1.48. The third kappa shape index (κ3) is 2.00. The zero-order valence-electron chi connectivity index (χ0n) is 8.37. The minimum Gasteiger partial charge on any atom is -0.427 e. The Bertz CT molecular complexity index is 453. The van der Waals surface area contributed by atoms with Gasteiger partial charge in [-0.05, 0) is 33.6 Å². The third-order valence-electron chi connectivity index (χ3n) is 2.23. The van der Waals surface area contributed by atoms with Gasteiger partial charge in [0, 0.05) is 17.7 Å². The lowest BCUT2D eigenvalue weighted by Gasteiger charge is -2.11. The molecule has 0 saturated heterocycles. The molecule has 0 amide bonds. The number of benzene rings is 1. The van der Waals surface area contributed by atoms with Crippen LogP contribution in [-0.2, 0) is 14.3 Å². The number of carbonyl (C=O) groups excluding carboxylic acids is 1. The molecule has 3 nitrogen and oxygen atoms in total. The van der Waals surface area contributed by atoms with Crippen molar-refractivity contribution in [1.29, 1.82) is 0 Å². The lowest BCUT2D eigenvalue weighted by Crippen LogP contribution is -2.13. The predicted molar refractivity (Wildman–Crippen MR) is 64.2 cm³/mol. The Balaban J connectivity index is 2.45. The van der Waals surface area contributed by atoms with Crippen LogP contribution in [0.2, 0.25) is 5.02 Å². The van der Waals surface area contributed by atoms with Gasteiger partial charge < -0.3 is 9.47 Å². The molecule has 1 aliphatic heterocycles. The maximum absolute atomic E-state index is 11.4. The minimum absolute atomic E-state index is 0.390. The Morgan fingerprint density at radius 1 is 1.38 bits per heavy atom. The summed E-state index contributed by atoms with van der Waals surface area (Å²) in [5, 5.41) is 0.639. The minimum atomic E-state index is -0.664. The second-order valence-electron chi connectivity index (χ2n) is 3.21. The highest BCUT2D eigenvalue weighted by atomic mass is 79.9. The predicted octanol–water partition coefficient (Wildman–Crippen LogP) is 2.98. The van der Waals surface area contributed by atoms with Crippen LogP contribution in [-0.4, -0.2) is 19.4 Å². The van der Waals surface area contributed by atoms with Crippen molar-refractivity contribution in [1.82, 2.24) is 0 Å². The number of hydrogen-bond acceptors (Lipinski definition) is 3. The molecule has 0 aromatic heterocycles. The van der Waals surface area contributed by atoms with E-state index in [9.17, 15) is 4.79 Å². The van der Waals surface area contributed by atoms with Crippen LogP contribution in [0.25, 0.3) is 5.57 Å². The van der Waals surface area contributed by atoms with Gasteiger partial charge in [0.2, 0.25) is 6.29 Å². The number of ether oxygens (including phenoxy) is 2. The molecule has 5 heteroatoms. The standard InChI is InChI=1S/C11H8BrClO3/c1-15-11-8(9(12)10(14)16-11)6-2-4-7(13)5-3-6/h2-5,11H,1H3. The summed E-state index contributed by atoms with van der Waals surface area (Å²) in [6, 6.07) is 7.12. The number of cyclic esters (lactones) is 1. The van der Waals surface area contributed by atoms with Crippen LogP contribution >= 0.6 is 27.5 Å². The van der Waals surface area contributed by atoms with E-state index in [-0.39, 0.29) is 0 Å². The maximum Gasteiger partial charge on any atom is 0.348 e. The molecule has 1 atom stereocenters. The van der Waals surface area contributed by atoms with E-state index in [0.717, 1.165) is 5.56 Å². The summed E-state index contributed by atoms with van der Waals surface area (Å²) >= 11 is 9.00. The van der Waals surface area contributed by atoms with E-state index in [1.165, 1.54) is 7.11 Å². The molecule has 0 aliphatic carbocycles. The van der Waals surface area contributed by atoms with Gasteiger partial charge in [-0.3, -0.25) is 0 Å². The summed E-state index contributed by atoms with van der Waals surface area (Å²) < 4.78 is 10.5. The van der Waals surface area contributed by atoms with Crippen molar-refractivity contribution in [2.24, 2.45) is 0 Å². The molecule has 0 radical (unpaired) electrons. The van der Waals surface area contributed by atoms with Gasteiger partial charge in [0.1, 0.15) is 4.48 Å². The number of carbonyl (C=O) groups is 1. The van der Waals surface area contributed by atoms with Gasteiger partial charge in [0.15, 0.2) is 0 Å². The normalized spacial score (nSPS) is 20.2. The van der Waals surface area contributed by atoms with Crippen LogP contribution in [0.1, 0.15) is 5.56 Å². The molecule has 0 N–H and O–H groups in total. The van der Waals surface area contributed by atoms with Crippen molar-refractivity contribution < 1.29 is 14.3 Å². The van der Waals surface area contributed by atoms with E-state index in [4.69, 9.17) is 21.1 Å².